The summed E-state index contributed by atoms with van der Waals surface area (Å²) in [6, 6.07) is 8.43. The molecule has 3 heterocycles. The number of nitrogens with zero attached hydrogens (tertiary/aromatic N) is 2. The highest BCUT2D eigenvalue weighted by atomic mass is 35.5. The molecule has 2 aromatic rings. The Balaban J connectivity index is 1.39. The predicted octanol–water partition coefficient (Wildman–Crippen LogP) is 3.94. The van der Waals surface area contributed by atoms with Crippen LogP contribution in [0.1, 0.15) is 22.5 Å². The number of nitrogens with one attached hydrogen (secondary N) is 1. The van der Waals surface area contributed by atoms with Crippen LogP contribution < -0.4 is 15.1 Å². The maximum absolute atomic E-state index is 12.3. The van der Waals surface area contributed by atoms with Gasteiger partial charge in [-0.05, 0) is 36.8 Å². The monoisotopic (exact) mass is 453 g/mol. The lowest BCUT2D eigenvalue weighted by molar-refractivity contribution is -0.117. The largest absolute Gasteiger partial charge is 0.442 e. The van der Waals surface area contributed by atoms with E-state index in [1.54, 1.807) is 35.2 Å². The first kappa shape index (κ1) is 20.0. The van der Waals surface area contributed by atoms with Crippen molar-refractivity contribution in [2.75, 3.05) is 29.4 Å². The molecule has 7 nitrogen and oxygen atoms in total. The van der Waals surface area contributed by atoms with E-state index in [-0.39, 0.29) is 24.9 Å². The molecule has 1 atom stereocenters. The zero-order valence-electron chi connectivity index (χ0n) is 15.2. The minimum Gasteiger partial charge on any atom is -0.442 e. The van der Waals surface area contributed by atoms with E-state index in [4.69, 9.17) is 27.9 Å². The molecular weight excluding hydrogens is 437 g/mol. The van der Waals surface area contributed by atoms with Crippen molar-refractivity contribution in [3.8, 4) is 0 Å². The number of rotatable bonds is 5. The normalized spacial score (nSPS) is 19.0. The maximum Gasteiger partial charge on any atom is 0.414 e. The molecule has 0 saturated carbocycles. The van der Waals surface area contributed by atoms with Crippen molar-refractivity contribution >= 4 is 63.8 Å². The van der Waals surface area contributed by atoms with Gasteiger partial charge in [0, 0.05) is 18.7 Å². The lowest BCUT2D eigenvalue weighted by atomic mass is 10.2. The van der Waals surface area contributed by atoms with Crippen LogP contribution >= 0.6 is 34.5 Å². The lowest BCUT2D eigenvalue weighted by Gasteiger charge is -2.20. The predicted molar refractivity (Wildman–Crippen MR) is 112 cm³/mol. The SMILES string of the molecule is O=C(NCC1CN(c2ccc(N3CCCC3=O)c(Cl)c2)C(=O)O1)c1ccc(Cl)s1. The molecule has 2 fully saturated rings. The summed E-state index contributed by atoms with van der Waals surface area (Å²) in [5.74, 6) is -0.220. The quantitative estimate of drug-likeness (QED) is 0.743. The van der Waals surface area contributed by atoms with Gasteiger partial charge in [-0.25, -0.2) is 4.79 Å². The van der Waals surface area contributed by atoms with Crippen LogP contribution in [-0.4, -0.2) is 43.6 Å². The van der Waals surface area contributed by atoms with E-state index >= 15 is 0 Å². The molecule has 3 amide bonds. The summed E-state index contributed by atoms with van der Waals surface area (Å²) in [6.07, 6.45) is 0.326. The maximum atomic E-state index is 12.3. The van der Waals surface area contributed by atoms with E-state index in [0.717, 1.165) is 6.42 Å². The summed E-state index contributed by atoms with van der Waals surface area (Å²) in [6.45, 7) is 1.11. The van der Waals surface area contributed by atoms with Crippen LogP contribution in [0.15, 0.2) is 30.3 Å². The Morgan fingerprint density at radius 2 is 2.03 bits per heavy atom. The van der Waals surface area contributed by atoms with Crippen molar-refractivity contribution < 1.29 is 19.1 Å². The van der Waals surface area contributed by atoms with Gasteiger partial charge >= 0.3 is 6.09 Å². The van der Waals surface area contributed by atoms with Gasteiger partial charge in [-0.15, -0.1) is 11.3 Å². The summed E-state index contributed by atoms with van der Waals surface area (Å²) >= 11 is 13.4. The Morgan fingerprint density at radius 3 is 2.69 bits per heavy atom. The van der Waals surface area contributed by atoms with Crippen LogP contribution in [-0.2, 0) is 9.53 Å². The number of thiophene rings is 1. The summed E-state index contributed by atoms with van der Waals surface area (Å²) in [4.78, 5) is 39.9. The van der Waals surface area contributed by atoms with Crippen LogP contribution in [0.2, 0.25) is 9.36 Å². The van der Waals surface area contributed by atoms with Gasteiger partial charge in [-0.1, -0.05) is 23.2 Å². The zero-order chi connectivity index (χ0) is 20.5. The highest BCUT2D eigenvalue weighted by molar-refractivity contribution is 7.18. The van der Waals surface area contributed by atoms with Crippen molar-refractivity contribution in [3.63, 3.8) is 0 Å². The average molecular weight is 454 g/mol. The molecule has 1 unspecified atom stereocenters. The number of hydrogen-bond acceptors (Lipinski definition) is 5. The number of anilines is 2. The number of hydrogen-bond donors (Lipinski definition) is 1. The first-order valence-corrected chi connectivity index (χ1v) is 10.6. The summed E-state index contributed by atoms with van der Waals surface area (Å²) in [5.41, 5.74) is 1.22. The number of benzene rings is 1. The van der Waals surface area contributed by atoms with Gasteiger partial charge in [-0.3, -0.25) is 14.5 Å². The van der Waals surface area contributed by atoms with E-state index in [0.29, 0.717) is 38.6 Å². The topological polar surface area (TPSA) is 79.0 Å². The summed E-state index contributed by atoms with van der Waals surface area (Å²) in [5, 5.41) is 3.15. The third-order valence-electron chi connectivity index (χ3n) is 4.77. The number of cyclic esters (lactones) is 1. The molecule has 0 radical (unpaired) electrons. The smallest absolute Gasteiger partial charge is 0.414 e. The van der Waals surface area contributed by atoms with E-state index in [1.807, 2.05) is 0 Å². The summed E-state index contributed by atoms with van der Waals surface area (Å²) in [7, 11) is 0. The molecule has 1 aromatic heterocycles. The molecule has 2 aliphatic rings. The number of amides is 3. The average Bonchev–Trinajstić information content (AvgIpc) is 3.40. The van der Waals surface area contributed by atoms with Gasteiger partial charge in [0.2, 0.25) is 5.91 Å². The van der Waals surface area contributed by atoms with Gasteiger partial charge in [-0.2, -0.15) is 0 Å². The van der Waals surface area contributed by atoms with Crippen LogP contribution in [0.3, 0.4) is 0 Å². The van der Waals surface area contributed by atoms with E-state index in [9.17, 15) is 14.4 Å². The van der Waals surface area contributed by atoms with Crippen molar-refractivity contribution in [1.29, 1.82) is 0 Å². The van der Waals surface area contributed by atoms with Crippen molar-refractivity contribution in [3.05, 3.63) is 44.6 Å². The number of halogens is 2. The zero-order valence-corrected chi connectivity index (χ0v) is 17.5. The van der Waals surface area contributed by atoms with E-state index in [1.165, 1.54) is 16.2 Å². The van der Waals surface area contributed by atoms with Crippen molar-refractivity contribution in [2.45, 2.75) is 18.9 Å². The second-order valence-corrected chi connectivity index (χ2v) is 8.84. The standard InChI is InChI=1S/C19H17Cl2N3O4S/c20-13-8-11(3-4-14(13)23-7-1-2-17(23)25)24-10-12(28-19(24)27)9-22-18(26)15-5-6-16(21)29-15/h3-6,8,12H,1-2,7,9-10H2,(H,22,26). The Bertz CT molecular complexity index is 980. The molecule has 1 N–H and O–H groups in total. The van der Waals surface area contributed by atoms with Crippen LogP contribution in [0.4, 0.5) is 16.2 Å². The van der Waals surface area contributed by atoms with Crippen LogP contribution in [0.5, 0.6) is 0 Å². The lowest BCUT2D eigenvalue weighted by Crippen LogP contribution is -2.34. The van der Waals surface area contributed by atoms with Gasteiger partial charge in [0.15, 0.2) is 0 Å². The van der Waals surface area contributed by atoms with Crippen molar-refractivity contribution in [1.82, 2.24) is 5.32 Å². The Hall–Kier alpha value is -2.29. The Morgan fingerprint density at radius 1 is 1.21 bits per heavy atom. The fourth-order valence-corrected chi connectivity index (χ4v) is 4.59. The van der Waals surface area contributed by atoms with Crippen LogP contribution in [0.25, 0.3) is 0 Å². The molecular formula is C19H17Cl2N3O4S. The van der Waals surface area contributed by atoms with Gasteiger partial charge in [0.05, 0.1) is 33.0 Å². The minimum absolute atomic E-state index is 0.0445. The molecule has 29 heavy (non-hydrogen) atoms. The van der Waals surface area contributed by atoms with Gasteiger partial charge in [0.1, 0.15) is 6.10 Å². The second-order valence-electron chi connectivity index (χ2n) is 6.71. The number of carbonyl (C=O) groups excluding carboxylic acids is 3. The molecule has 2 aliphatic heterocycles. The first-order valence-electron chi connectivity index (χ1n) is 9.04. The summed E-state index contributed by atoms with van der Waals surface area (Å²) < 4.78 is 5.88. The third kappa shape index (κ3) is 4.19. The Labute approximate surface area is 181 Å². The first-order chi connectivity index (χ1) is 13.9. The fraction of sp³-hybridized carbons (Fsp3) is 0.316. The van der Waals surface area contributed by atoms with Gasteiger partial charge < -0.3 is 15.0 Å². The molecule has 10 heteroatoms. The highest BCUT2D eigenvalue weighted by Crippen LogP contribution is 2.34. The van der Waals surface area contributed by atoms with Crippen molar-refractivity contribution in [2.24, 2.45) is 0 Å². The van der Waals surface area contributed by atoms with E-state index < -0.39 is 12.2 Å². The molecule has 1 aromatic carbocycles. The minimum atomic E-state index is -0.510. The van der Waals surface area contributed by atoms with Crippen LogP contribution in [0, 0.1) is 0 Å². The van der Waals surface area contributed by atoms with E-state index in [2.05, 4.69) is 5.32 Å². The molecule has 4 rings (SSSR count). The second kappa shape index (κ2) is 8.22. The molecule has 152 valence electrons. The molecule has 0 spiro atoms. The van der Waals surface area contributed by atoms with Gasteiger partial charge in [0.25, 0.3) is 5.91 Å². The molecule has 2 saturated heterocycles. The number of ether oxygens (including phenoxy) is 1. The Kier molecular flexibility index (Phi) is 5.67. The third-order valence-corrected chi connectivity index (χ3v) is 6.30. The molecule has 0 aliphatic carbocycles. The highest BCUT2D eigenvalue weighted by Gasteiger charge is 2.33. The number of carbonyl (C=O) groups is 3. The molecule has 0 bridgehead atoms. The fourth-order valence-electron chi connectivity index (χ4n) is 3.35.